The van der Waals surface area contributed by atoms with Gasteiger partial charge in [0.05, 0.1) is 7.11 Å². The fraction of sp³-hybridized carbons (Fsp3) is 0.636. The highest BCUT2D eigenvalue weighted by molar-refractivity contribution is 6.06. The lowest BCUT2D eigenvalue weighted by Gasteiger charge is -2.44. The van der Waals surface area contributed by atoms with Crippen LogP contribution in [0.15, 0.2) is 24.3 Å². The number of benzene rings is 1. The van der Waals surface area contributed by atoms with E-state index < -0.39 is 5.54 Å². The summed E-state index contributed by atoms with van der Waals surface area (Å²) >= 11 is 0. The van der Waals surface area contributed by atoms with Gasteiger partial charge in [0.25, 0.3) is 5.91 Å². The number of hydrogen-bond donors (Lipinski definition) is 0. The Morgan fingerprint density at radius 3 is 2.36 bits per heavy atom. The van der Waals surface area contributed by atoms with Crippen molar-refractivity contribution < 1.29 is 14.3 Å². The number of urea groups is 1. The molecular weight excluding hydrogens is 354 g/mol. The molecule has 0 radical (unpaired) electrons. The van der Waals surface area contributed by atoms with Gasteiger partial charge in [-0.15, -0.1) is 0 Å². The number of amides is 3. The minimum atomic E-state index is -0.656. The zero-order valence-corrected chi connectivity index (χ0v) is 17.8. The van der Waals surface area contributed by atoms with Crippen molar-refractivity contribution in [2.24, 2.45) is 5.92 Å². The van der Waals surface area contributed by atoms with E-state index in [4.69, 9.17) is 4.74 Å². The van der Waals surface area contributed by atoms with E-state index in [2.05, 4.69) is 31.7 Å². The third kappa shape index (κ3) is 3.62. The molecule has 2 fully saturated rings. The van der Waals surface area contributed by atoms with Crippen molar-refractivity contribution >= 4 is 11.9 Å². The fourth-order valence-electron chi connectivity index (χ4n) is 4.63. The standard InChI is InChI=1S/C22H33N3O3/c1-16(2)15-25-21(27)23(4)20(26)22(25)10-12-24(13-11-22)17(3)14-18-8-6-7-9-19(18)28-5/h6-9,16-17H,10-15H2,1-5H3. The first-order valence-corrected chi connectivity index (χ1v) is 10.3. The number of rotatable bonds is 6. The molecule has 0 N–H and O–H groups in total. The monoisotopic (exact) mass is 387 g/mol. The molecule has 0 aromatic heterocycles. The van der Waals surface area contributed by atoms with Crippen molar-refractivity contribution in [2.45, 2.75) is 51.6 Å². The number of carbonyl (C=O) groups excluding carboxylic acids is 2. The number of hydrogen-bond acceptors (Lipinski definition) is 4. The number of ether oxygens (including phenoxy) is 1. The van der Waals surface area contributed by atoms with Crippen LogP contribution in [0.5, 0.6) is 5.75 Å². The van der Waals surface area contributed by atoms with E-state index in [0.717, 1.165) is 25.3 Å². The number of carbonyl (C=O) groups is 2. The topological polar surface area (TPSA) is 53.1 Å². The molecule has 2 saturated heterocycles. The lowest BCUT2D eigenvalue weighted by atomic mass is 9.84. The summed E-state index contributed by atoms with van der Waals surface area (Å²) in [6.07, 6.45) is 2.30. The summed E-state index contributed by atoms with van der Waals surface area (Å²) in [5.74, 6) is 1.22. The predicted molar refractivity (Wildman–Crippen MR) is 109 cm³/mol. The van der Waals surface area contributed by atoms with Gasteiger partial charge in [0.15, 0.2) is 0 Å². The van der Waals surface area contributed by atoms with E-state index in [1.54, 1.807) is 14.2 Å². The molecular formula is C22H33N3O3. The average molecular weight is 388 g/mol. The Morgan fingerprint density at radius 2 is 1.75 bits per heavy atom. The van der Waals surface area contributed by atoms with Crippen LogP contribution in [0.25, 0.3) is 0 Å². The predicted octanol–water partition coefficient (Wildman–Crippen LogP) is 3.01. The number of para-hydroxylation sites is 1. The van der Waals surface area contributed by atoms with Crippen LogP contribution in [0.4, 0.5) is 4.79 Å². The number of piperidine rings is 1. The second kappa shape index (κ2) is 8.11. The molecule has 1 aromatic rings. The molecule has 2 aliphatic rings. The lowest BCUT2D eigenvalue weighted by Crippen LogP contribution is -2.58. The maximum Gasteiger partial charge on any atom is 0.327 e. The molecule has 1 unspecified atom stereocenters. The zero-order valence-electron chi connectivity index (χ0n) is 17.8. The van der Waals surface area contributed by atoms with Crippen LogP contribution in [-0.4, -0.2) is 72.0 Å². The number of nitrogens with zero attached hydrogens (tertiary/aromatic N) is 3. The molecule has 6 nitrogen and oxygen atoms in total. The molecule has 1 aromatic carbocycles. The Morgan fingerprint density at radius 1 is 1.11 bits per heavy atom. The minimum Gasteiger partial charge on any atom is -0.496 e. The quantitative estimate of drug-likeness (QED) is 0.704. The van der Waals surface area contributed by atoms with Crippen molar-refractivity contribution in [3.05, 3.63) is 29.8 Å². The fourth-order valence-corrected chi connectivity index (χ4v) is 4.63. The van der Waals surface area contributed by atoms with E-state index in [-0.39, 0.29) is 11.9 Å². The normalized spacial score (nSPS) is 21.1. The maximum absolute atomic E-state index is 13.0. The Labute approximate surface area is 168 Å². The molecule has 0 aliphatic carbocycles. The third-order valence-electron chi connectivity index (χ3n) is 6.24. The Balaban J connectivity index is 1.70. The average Bonchev–Trinajstić information content (AvgIpc) is 2.85. The van der Waals surface area contributed by atoms with Gasteiger partial charge in [-0.2, -0.15) is 0 Å². The molecule has 154 valence electrons. The van der Waals surface area contributed by atoms with Gasteiger partial charge < -0.3 is 14.5 Å². The van der Waals surface area contributed by atoms with Crippen LogP contribution in [0, 0.1) is 5.92 Å². The second-order valence-corrected chi connectivity index (χ2v) is 8.58. The van der Waals surface area contributed by atoms with Gasteiger partial charge in [0.1, 0.15) is 11.3 Å². The van der Waals surface area contributed by atoms with Gasteiger partial charge in [-0.25, -0.2) is 4.79 Å². The summed E-state index contributed by atoms with van der Waals surface area (Å²) in [5, 5.41) is 0. The first-order chi connectivity index (χ1) is 13.3. The lowest BCUT2D eigenvalue weighted by molar-refractivity contribution is -0.135. The highest BCUT2D eigenvalue weighted by Crippen LogP contribution is 2.38. The molecule has 1 atom stereocenters. The van der Waals surface area contributed by atoms with Crippen molar-refractivity contribution in [1.29, 1.82) is 0 Å². The van der Waals surface area contributed by atoms with Crippen LogP contribution in [0.3, 0.4) is 0 Å². The number of likely N-dealkylation sites (tertiary alicyclic amines) is 1. The van der Waals surface area contributed by atoms with Crippen LogP contribution in [0.1, 0.15) is 39.2 Å². The first kappa shape index (κ1) is 20.6. The number of likely N-dealkylation sites (N-methyl/N-ethyl adjacent to an activating group) is 1. The van der Waals surface area contributed by atoms with Crippen LogP contribution in [-0.2, 0) is 11.2 Å². The van der Waals surface area contributed by atoms with Gasteiger partial charge in [0, 0.05) is 32.7 Å². The van der Waals surface area contributed by atoms with Gasteiger partial charge in [-0.3, -0.25) is 9.69 Å². The zero-order chi connectivity index (χ0) is 20.5. The Bertz CT molecular complexity index is 725. The van der Waals surface area contributed by atoms with Crippen LogP contribution in [0.2, 0.25) is 0 Å². The van der Waals surface area contributed by atoms with Crippen molar-refractivity contribution in [3.63, 3.8) is 0 Å². The molecule has 2 aliphatic heterocycles. The Kier molecular flexibility index (Phi) is 5.98. The van der Waals surface area contributed by atoms with Gasteiger partial charge in [0.2, 0.25) is 0 Å². The van der Waals surface area contributed by atoms with Crippen molar-refractivity contribution in [3.8, 4) is 5.75 Å². The van der Waals surface area contributed by atoms with Crippen molar-refractivity contribution in [2.75, 3.05) is 33.8 Å². The maximum atomic E-state index is 13.0. The molecule has 28 heavy (non-hydrogen) atoms. The smallest absolute Gasteiger partial charge is 0.327 e. The van der Waals surface area contributed by atoms with Gasteiger partial charge >= 0.3 is 6.03 Å². The van der Waals surface area contributed by atoms with Crippen LogP contribution < -0.4 is 4.74 Å². The van der Waals surface area contributed by atoms with Gasteiger partial charge in [-0.05, 0) is 43.7 Å². The molecule has 3 amide bonds. The summed E-state index contributed by atoms with van der Waals surface area (Å²) in [5.41, 5.74) is 0.544. The van der Waals surface area contributed by atoms with E-state index in [1.807, 2.05) is 23.1 Å². The number of imide groups is 1. The van der Waals surface area contributed by atoms with E-state index in [1.165, 1.54) is 10.5 Å². The molecule has 0 bridgehead atoms. The van der Waals surface area contributed by atoms with Gasteiger partial charge in [-0.1, -0.05) is 32.0 Å². The number of methoxy groups -OCH3 is 1. The summed E-state index contributed by atoms with van der Waals surface area (Å²) in [6, 6.07) is 8.33. The molecule has 3 rings (SSSR count). The molecule has 0 saturated carbocycles. The molecule has 6 heteroatoms. The molecule has 1 spiro atoms. The van der Waals surface area contributed by atoms with Crippen LogP contribution >= 0.6 is 0 Å². The van der Waals surface area contributed by atoms with Crippen molar-refractivity contribution in [1.82, 2.24) is 14.7 Å². The Hall–Kier alpha value is -2.08. The SMILES string of the molecule is COc1ccccc1CC(C)N1CCC2(CC1)C(=O)N(C)C(=O)N2CC(C)C. The highest BCUT2D eigenvalue weighted by Gasteiger charge is 2.56. The third-order valence-corrected chi connectivity index (χ3v) is 6.24. The van der Waals surface area contributed by atoms with E-state index in [0.29, 0.717) is 31.3 Å². The highest BCUT2D eigenvalue weighted by atomic mass is 16.5. The summed E-state index contributed by atoms with van der Waals surface area (Å²) < 4.78 is 5.49. The van der Waals surface area contributed by atoms with E-state index in [9.17, 15) is 9.59 Å². The second-order valence-electron chi connectivity index (χ2n) is 8.58. The largest absolute Gasteiger partial charge is 0.496 e. The minimum absolute atomic E-state index is 0.0322. The summed E-state index contributed by atoms with van der Waals surface area (Å²) in [4.78, 5) is 31.2. The first-order valence-electron chi connectivity index (χ1n) is 10.3. The summed E-state index contributed by atoms with van der Waals surface area (Å²) in [6.45, 7) is 8.67. The summed E-state index contributed by atoms with van der Waals surface area (Å²) in [7, 11) is 3.32. The van der Waals surface area contributed by atoms with E-state index >= 15 is 0 Å². The molecule has 2 heterocycles.